The maximum Gasteiger partial charge on any atom is 0.254 e. The number of carbonyl (C=O) groups is 1. The van der Waals surface area contributed by atoms with Crippen molar-refractivity contribution in [2.45, 2.75) is 51.9 Å². The Morgan fingerprint density at radius 3 is 2.83 bits per heavy atom. The molecule has 2 aromatic rings. The number of nitrogens with one attached hydrogen (secondary N) is 2. The molecule has 7 nitrogen and oxygen atoms in total. The number of amides is 1. The Morgan fingerprint density at radius 1 is 1.25 bits per heavy atom. The number of rotatable bonds is 6. The summed E-state index contributed by atoms with van der Waals surface area (Å²) in [5, 5.41) is 10.5. The van der Waals surface area contributed by atoms with E-state index in [9.17, 15) is 4.79 Å². The summed E-state index contributed by atoms with van der Waals surface area (Å²) in [5.74, 6) is 2.15. The van der Waals surface area contributed by atoms with E-state index in [-0.39, 0.29) is 5.91 Å². The fourth-order valence-corrected chi connectivity index (χ4v) is 3.35. The van der Waals surface area contributed by atoms with E-state index in [1.54, 1.807) is 4.52 Å². The Kier molecular flexibility index (Phi) is 5.61. The first-order valence-electron chi connectivity index (χ1n) is 8.90. The maximum atomic E-state index is 12.1. The zero-order chi connectivity index (χ0) is 16.8. The Balaban J connectivity index is 1.43. The van der Waals surface area contributed by atoms with Gasteiger partial charge < -0.3 is 10.6 Å². The molecule has 1 amide bonds. The summed E-state index contributed by atoms with van der Waals surface area (Å²) in [6.45, 7) is 3.17. The molecule has 1 aliphatic rings. The summed E-state index contributed by atoms with van der Waals surface area (Å²) in [4.78, 5) is 20.5. The summed E-state index contributed by atoms with van der Waals surface area (Å²) >= 11 is 0. The van der Waals surface area contributed by atoms with Gasteiger partial charge in [0, 0.05) is 31.3 Å². The molecule has 1 aliphatic carbocycles. The van der Waals surface area contributed by atoms with E-state index in [1.807, 2.05) is 13.0 Å². The van der Waals surface area contributed by atoms with Crippen LogP contribution in [0, 0.1) is 12.8 Å². The van der Waals surface area contributed by atoms with Crippen LogP contribution in [0.5, 0.6) is 0 Å². The van der Waals surface area contributed by atoms with Gasteiger partial charge in [-0.05, 0) is 25.7 Å². The normalized spacial score (nSPS) is 16.0. The van der Waals surface area contributed by atoms with Crippen molar-refractivity contribution in [2.75, 3.05) is 18.4 Å². The second-order valence-electron chi connectivity index (χ2n) is 6.59. The molecule has 130 valence electrons. The summed E-state index contributed by atoms with van der Waals surface area (Å²) in [6.07, 6.45) is 9.75. The molecule has 0 radical (unpaired) electrons. The topological polar surface area (TPSA) is 84.2 Å². The first-order chi connectivity index (χ1) is 11.7. The molecule has 0 spiro atoms. The van der Waals surface area contributed by atoms with Crippen molar-refractivity contribution in [1.29, 1.82) is 0 Å². The van der Waals surface area contributed by atoms with Crippen LogP contribution in [0.1, 0.15) is 50.6 Å². The smallest absolute Gasteiger partial charge is 0.254 e. The van der Waals surface area contributed by atoms with Crippen LogP contribution in [0.25, 0.3) is 5.78 Å². The molecule has 0 bridgehead atoms. The van der Waals surface area contributed by atoms with Gasteiger partial charge in [-0.3, -0.25) is 4.79 Å². The van der Waals surface area contributed by atoms with Gasteiger partial charge >= 0.3 is 0 Å². The minimum absolute atomic E-state index is 0.167. The highest BCUT2D eigenvalue weighted by atomic mass is 16.1. The van der Waals surface area contributed by atoms with E-state index < -0.39 is 0 Å². The minimum atomic E-state index is 0.167. The van der Waals surface area contributed by atoms with Gasteiger partial charge in [-0.15, -0.1) is 0 Å². The Bertz CT molecular complexity index is 675. The molecule has 2 heterocycles. The van der Waals surface area contributed by atoms with Crippen LogP contribution in [0.3, 0.4) is 0 Å². The first-order valence-corrected chi connectivity index (χ1v) is 8.90. The van der Waals surface area contributed by atoms with Crippen molar-refractivity contribution < 1.29 is 4.79 Å². The third-order valence-corrected chi connectivity index (χ3v) is 4.58. The average molecular weight is 330 g/mol. The minimum Gasteiger partial charge on any atom is -0.368 e. The number of aromatic nitrogens is 4. The predicted octanol–water partition coefficient (Wildman–Crippen LogP) is 2.32. The lowest BCUT2D eigenvalue weighted by Gasteiger charge is -2.14. The van der Waals surface area contributed by atoms with Crippen LogP contribution in [-0.2, 0) is 4.79 Å². The summed E-state index contributed by atoms with van der Waals surface area (Å²) in [5.41, 5.74) is 0.885. The monoisotopic (exact) mass is 330 g/mol. The third-order valence-electron chi connectivity index (χ3n) is 4.58. The fourth-order valence-electron chi connectivity index (χ4n) is 3.35. The van der Waals surface area contributed by atoms with Gasteiger partial charge in [0.25, 0.3) is 5.78 Å². The van der Waals surface area contributed by atoms with E-state index in [0.717, 1.165) is 11.5 Å². The van der Waals surface area contributed by atoms with Gasteiger partial charge in [0.15, 0.2) is 0 Å². The Morgan fingerprint density at radius 2 is 2.04 bits per heavy atom. The Hall–Kier alpha value is -2.18. The van der Waals surface area contributed by atoms with Crippen molar-refractivity contribution in [3.05, 3.63) is 18.1 Å². The largest absolute Gasteiger partial charge is 0.368 e. The number of carbonyl (C=O) groups excluding carboxylic acids is 1. The number of aryl methyl sites for hydroxylation is 1. The number of anilines is 1. The van der Waals surface area contributed by atoms with E-state index >= 15 is 0 Å². The molecule has 1 fully saturated rings. The highest BCUT2D eigenvalue weighted by Crippen LogP contribution is 2.25. The number of nitrogens with zero attached hydrogens (tertiary/aromatic N) is 4. The lowest BCUT2D eigenvalue weighted by Crippen LogP contribution is -2.30. The quantitative estimate of drug-likeness (QED) is 0.627. The molecular weight excluding hydrogens is 304 g/mol. The van der Waals surface area contributed by atoms with Crippen molar-refractivity contribution >= 4 is 17.5 Å². The number of hydrogen-bond acceptors (Lipinski definition) is 5. The summed E-state index contributed by atoms with van der Waals surface area (Å²) in [6, 6.07) is 1.93. The van der Waals surface area contributed by atoms with Crippen molar-refractivity contribution in [2.24, 2.45) is 5.92 Å². The number of fused-ring (bicyclic) bond motifs is 1. The van der Waals surface area contributed by atoms with Gasteiger partial charge in [-0.25, -0.2) is 4.98 Å². The van der Waals surface area contributed by atoms with E-state index in [1.165, 1.54) is 44.9 Å². The molecule has 24 heavy (non-hydrogen) atoms. The molecule has 0 aliphatic heterocycles. The molecule has 0 aromatic carbocycles. The van der Waals surface area contributed by atoms with Gasteiger partial charge in [-0.1, -0.05) is 25.7 Å². The zero-order valence-corrected chi connectivity index (χ0v) is 14.3. The van der Waals surface area contributed by atoms with Crippen LogP contribution in [0.4, 0.5) is 5.82 Å². The molecule has 7 heteroatoms. The maximum absolute atomic E-state index is 12.1. The average Bonchev–Trinajstić information content (AvgIpc) is 2.88. The molecule has 1 saturated carbocycles. The van der Waals surface area contributed by atoms with Gasteiger partial charge in [-0.2, -0.15) is 14.6 Å². The molecule has 3 rings (SSSR count). The van der Waals surface area contributed by atoms with Crippen LogP contribution >= 0.6 is 0 Å². The second-order valence-corrected chi connectivity index (χ2v) is 6.59. The van der Waals surface area contributed by atoms with Crippen molar-refractivity contribution in [3.8, 4) is 0 Å². The zero-order valence-electron chi connectivity index (χ0n) is 14.3. The SMILES string of the molecule is Cc1cc(NCCNC(=O)CC2CCCCCC2)n2ncnc2n1. The molecule has 2 aromatic heterocycles. The highest BCUT2D eigenvalue weighted by Gasteiger charge is 2.15. The van der Waals surface area contributed by atoms with E-state index in [0.29, 0.717) is 31.2 Å². The first kappa shape index (κ1) is 16.7. The van der Waals surface area contributed by atoms with Crippen LogP contribution in [0.2, 0.25) is 0 Å². The van der Waals surface area contributed by atoms with Gasteiger partial charge in [0.1, 0.15) is 12.1 Å². The molecule has 0 unspecified atom stereocenters. The highest BCUT2D eigenvalue weighted by molar-refractivity contribution is 5.76. The summed E-state index contributed by atoms with van der Waals surface area (Å²) < 4.78 is 1.67. The fraction of sp³-hybridized carbons (Fsp3) is 0.647. The van der Waals surface area contributed by atoms with Crippen LogP contribution in [0.15, 0.2) is 12.4 Å². The molecular formula is C17H26N6O. The lowest BCUT2D eigenvalue weighted by atomic mass is 9.96. The second kappa shape index (κ2) is 8.08. The van der Waals surface area contributed by atoms with Crippen molar-refractivity contribution in [3.63, 3.8) is 0 Å². The van der Waals surface area contributed by atoms with Gasteiger partial charge in [0.05, 0.1) is 0 Å². The predicted molar refractivity (Wildman–Crippen MR) is 92.8 cm³/mol. The third kappa shape index (κ3) is 4.43. The van der Waals surface area contributed by atoms with E-state index in [2.05, 4.69) is 25.7 Å². The number of hydrogen-bond donors (Lipinski definition) is 2. The molecule has 2 N–H and O–H groups in total. The Labute approximate surface area is 142 Å². The van der Waals surface area contributed by atoms with E-state index in [4.69, 9.17) is 0 Å². The molecule has 0 atom stereocenters. The summed E-state index contributed by atoms with van der Waals surface area (Å²) in [7, 11) is 0. The van der Waals surface area contributed by atoms with Gasteiger partial charge in [0.2, 0.25) is 5.91 Å². The lowest BCUT2D eigenvalue weighted by molar-refractivity contribution is -0.122. The molecule has 0 saturated heterocycles. The standard InChI is InChI=1S/C17H26N6O/c1-13-10-15(23-17(22-13)20-12-21-23)18-8-9-19-16(24)11-14-6-4-2-3-5-7-14/h10,12,14,18H,2-9,11H2,1H3,(H,19,24). The van der Waals surface area contributed by atoms with Crippen LogP contribution in [-0.4, -0.2) is 38.6 Å². The van der Waals surface area contributed by atoms with Crippen LogP contribution < -0.4 is 10.6 Å². The van der Waals surface area contributed by atoms with Crippen molar-refractivity contribution in [1.82, 2.24) is 24.9 Å².